The molecule has 0 saturated heterocycles. The van der Waals surface area contributed by atoms with Gasteiger partial charge in [-0.3, -0.25) is 4.99 Å². The third kappa shape index (κ3) is 8.24. The zero-order valence-corrected chi connectivity index (χ0v) is 16.7. The molecule has 0 unspecified atom stereocenters. The number of aliphatic imine (C=N–C) groups is 1. The Labute approximate surface area is 148 Å². The first-order valence-electron chi connectivity index (χ1n) is 8.38. The predicted molar refractivity (Wildman–Crippen MR) is 104 cm³/mol. The Kier molecular flexibility index (Phi) is 12.5. The van der Waals surface area contributed by atoms with Gasteiger partial charge in [0.05, 0.1) is 6.54 Å². The fourth-order valence-electron chi connectivity index (χ4n) is 2.81. The lowest BCUT2D eigenvalue weighted by Gasteiger charge is -2.24. The van der Waals surface area contributed by atoms with Crippen molar-refractivity contribution in [3.63, 3.8) is 0 Å². The second kappa shape index (κ2) is 12.5. The van der Waals surface area contributed by atoms with Gasteiger partial charge in [-0.1, -0.05) is 26.2 Å². The number of nitrogens with zero attached hydrogens (tertiary/aromatic N) is 3. The Morgan fingerprint density at radius 2 is 1.81 bits per heavy atom. The first kappa shape index (κ1) is 21.0. The fourth-order valence-corrected chi connectivity index (χ4v) is 2.81. The molecule has 1 N–H and O–H groups in total. The minimum atomic E-state index is 0. The van der Waals surface area contributed by atoms with Crippen molar-refractivity contribution in [3.8, 4) is 0 Å². The average molecular weight is 410 g/mol. The van der Waals surface area contributed by atoms with E-state index in [0.717, 1.165) is 38.2 Å². The van der Waals surface area contributed by atoms with Crippen molar-refractivity contribution < 1.29 is 0 Å². The Bertz CT molecular complexity index is 277. The molecule has 0 aromatic rings. The summed E-state index contributed by atoms with van der Waals surface area (Å²) in [6.07, 6.45) is 8.01. The molecule has 1 saturated carbocycles. The van der Waals surface area contributed by atoms with Crippen molar-refractivity contribution in [3.05, 3.63) is 0 Å². The molecule has 0 atom stereocenters. The summed E-state index contributed by atoms with van der Waals surface area (Å²) in [4.78, 5) is 9.51. The van der Waals surface area contributed by atoms with Crippen LogP contribution in [0.15, 0.2) is 4.99 Å². The Morgan fingerprint density at radius 3 is 2.38 bits per heavy atom. The molecule has 126 valence electrons. The maximum Gasteiger partial charge on any atom is 0.193 e. The summed E-state index contributed by atoms with van der Waals surface area (Å²) in [6, 6.07) is 0.797. The van der Waals surface area contributed by atoms with Crippen molar-refractivity contribution in [1.82, 2.24) is 15.1 Å². The lowest BCUT2D eigenvalue weighted by atomic mass is 10.2. The molecule has 1 rings (SSSR count). The lowest BCUT2D eigenvalue weighted by Crippen LogP contribution is -2.40. The van der Waals surface area contributed by atoms with E-state index in [1.165, 1.54) is 38.5 Å². The van der Waals surface area contributed by atoms with E-state index in [1.807, 2.05) is 0 Å². The van der Waals surface area contributed by atoms with Crippen LogP contribution in [-0.2, 0) is 0 Å². The Balaban J connectivity index is 0.00000400. The largest absolute Gasteiger partial charge is 0.357 e. The lowest BCUT2D eigenvalue weighted by molar-refractivity contribution is 0.252. The number of halogens is 1. The number of unbranched alkanes of at least 4 members (excludes halogenated alkanes) is 1. The van der Waals surface area contributed by atoms with Crippen LogP contribution in [0.25, 0.3) is 0 Å². The Hall–Kier alpha value is -0.0400. The summed E-state index contributed by atoms with van der Waals surface area (Å²) in [7, 11) is 4.39. The second-order valence-electron chi connectivity index (χ2n) is 5.93. The molecule has 4 nitrogen and oxygen atoms in total. The minimum Gasteiger partial charge on any atom is -0.357 e. The van der Waals surface area contributed by atoms with Gasteiger partial charge in [0.2, 0.25) is 0 Å². The van der Waals surface area contributed by atoms with Crippen LogP contribution < -0.4 is 5.32 Å². The van der Waals surface area contributed by atoms with Gasteiger partial charge in [0.1, 0.15) is 0 Å². The van der Waals surface area contributed by atoms with Gasteiger partial charge < -0.3 is 15.1 Å². The second-order valence-corrected chi connectivity index (χ2v) is 5.93. The average Bonchev–Trinajstić information content (AvgIpc) is 2.97. The van der Waals surface area contributed by atoms with Crippen LogP contribution in [0.5, 0.6) is 0 Å². The van der Waals surface area contributed by atoms with E-state index in [-0.39, 0.29) is 24.0 Å². The molecule has 0 heterocycles. The number of hydrogen-bond acceptors (Lipinski definition) is 2. The number of likely N-dealkylation sites (N-methyl/N-ethyl adjacent to an activating group) is 1. The van der Waals surface area contributed by atoms with Crippen LogP contribution in [0.3, 0.4) is 0 Å². The summed E-state index contributed by atoms with van der Waals surface area (Å²) < 4.78 is 0. The highest BCUT2D eigenvalue weighted by Crippen LogP contribution is 2.21. The topological polar surface area (TPSA) is 30.9 Å². The molecule has 0 aromatic carbocycles. The van der Waals surface area contributed by atoms with Gasteiger partial charge in [-0.25, -0.2) is 0 Å². The molecule has 1 aliphatic rings. The van der Waals surface area contributed by atoms with Crippen molar-refractivity contribution in [2.24, 2.45) is 4.99 Å². The van der Waals surface area contributed by atoms with E-state index < -0.39 is 0 Å². The van der Waals surface area contributed by atoms with E-state index in [4.69, 9.17) is 4.99 Å². The standard InChI is InChI=1S/C16H34N4.HI/c1-5-7-13-20(4)16(17-6-2)18-12-14-19(3)15-10-8-9-11-15;/h15H,5-14H2,1-4H3,(H,17,18);1H. The van der Waals surface area contributed by atoms with E-state index in [2.05, 4.69) is 43.1 Å². The van der Waals surface area contributed by atoms with Crippen LogP contribution in [0.1, 0.15) is 52.4 Å². The zero-order chi connectivity index (χ0) is 14.8. The smallest absolute Gasteiger partial charge is 0.193 e. The monoisotopic (exact) mass is 410 g/mol. The van der Waals surface area contributed by atoms with Crippen LogP contribution in [-0.4, -0.2) is 62.1 Å². The van der Waals surface area contributed by atoms with Gasteiger partial charge in [0.25, 0.3) is 0 Å². The summed E-state index contributed by atoms with van der Waals surface area (Å²) in [6.45, 7) is 8.35. The summed E-state index contributed by atoms with van der Waals surface area (Å²) in [5.74, 6) is 1.06. The van der Waals surface area contributed by atoms with Gasteiger partial charge in [0.15, 0.2) is 5.96 Å². The highest BCUT2D eigenvalue weighted by atomic mass is 127. The van der Waals surface area contributed by atoms with Gasteiger partial charge in [-0.05, 0) is 33.2 Å². The predicted octanol–water partition coefficient (Wildman–Crippen LogP) is 3.18. The summed E-state index contributed by atoms with van der Waals surface area (Å²) >= 11 is 0. The number of nitrogens with one attached hydrogen (secondary N) is 1. The molecule has 21 heavy (non-hydrogen) atoms. The van der Waals surface area contributed by atoms with E-state index in [1.54, 1.807) is 0 Å². The fraction of sp³-hybridized carbons (Fsp3) is 0.938. The van der Waals surface area contributed by atoms with E-state index in [9.17, 15) is 0 Å². The molecular formula is C16H35IN4. The number of hydrogen-bond donors (Lipinski definition) is 1. The van der Waals surface area contributed by atoms with E-state index in [0.29, 0.717) is 0 Å². The number of rotatable bonds is 8. The molecule has 0 amide bonds. The molecule has 0 aromatic heterocycles. The molecule has 5 heteroatoms. The summed E-state index contributed by atoms with van der Waals surface area (Å²) in [5.41, 5.74) is 0. The third-order valence-electron chi connectivity index (χ3n) is 4.21. The van der Waals surface area contributed by atoms with Crippen LogP contribution in [0.2, 0.25) is 0 Å². The van der Waals surface area contributed by atoms with Gasteiger partial charge in [-0.15, -0.1) is 24.0 Å². The normalized spacial score (nSPS) is 16.1. The molecular weight excluding hydrogens is 375 g/mol. The summed E-state index contributed by atoms with van der Waals surface area (Å²) in [5, 5.41) is 3.39. The molecule has 0 spiro atoms. The van der Waals surface area contributed by atoms with Crippen molar-refractivity contribution in [2.45, 2.75) is 58.4 Å². The SMILES string of the molecule is CCCCN(C)C(=NCCN(C)C1CCCC1)NCC.I. The van der Waals surface area contributed by atoms with Crippen LogP contribution in [0.4, 0.5) is 0 Å². The first-order chi connectivity index (χ1) is 9.69. The molecule has 0 bridgehead atoms. The maximum atomic E-state index is 4.77. The quantitative estimate of drug-likeness (QED) is 0.379. The maximum absolute atomic E-state index is 4.77. The van der Waals surface area contributed by atoms with Crippen molar-refractivity contribution in [1.29, 1.82) is 0 Å². The van der Waals surface area contributed by atoms with Gasteiger partial charge >= 0.3 is 0 Å². The molecule has 1 aliphatic carbocycles. The van der Waals surface area contributed by atoms with Crippen molar-refractivity contribution in [2.75, 3.05) is 40.3 Å². The minimum absolute atomic E-state index is 0. The first-order valence-corrected chi connectivity index (χ1v) is 8.38. The molecule has 1 fully saturated rings. The van der Waals surface area contributed by atoms with Crippen LogP contribution >= 0.6 is 24.0 Å². The highest BCUT2D eigenvalue weighted by molar-refractivity contribution is 14.0. The molecule has 0 radical (unpaired) electrons. The molecule has 0 aliphatic heterocycles. The Morgan fingerprint density at radius 1 is 1.14 bits per heavy atom. The van der Waals surface area contributed by atoms with Crippen molar-refractivity contribution >= 4 is 29.9 Å². The van der Waals surface area contributed by atoms with E-state index >= 15 is 0 Å². The van der Waals surface area contributed by atoms with Gasteiger partial charge in [-0.2, -0.15) is 0 Å². The number of guanidine groups is 1. The van der Waals surface area contributed by atoms with Gasteiger partial charge in [0, 0.05) is 32.7 Å². The van der Waals surface area contributed by atoms with Crippen LogP contribution in [0, 0.1) is 0 Å². The zero-order valence-electron chi connectivity index (χ0n) is 14.4. The highest BCUT2D eigenvalue weighted by Gasteiger charge is 2.18. The third-order valence-corrected chi connectivity index (χ3v) is 4.21.